The number of nitrogens with one attached hydrogen (secondary N) is 3. The van der Waals surface area contributed by atoms with Gasteiger partial charge in [-0.2, -0.15) is 0 Å². The number of carbonyl (C=O) groups is 2. The van der Waals surface area contributed by atoms with Gasteiger partial charge in [0, 0.05) is 5.92 Å². The number of benzene rings is 1. The van der Waals surface area contributed by atoms with E-state index in [1.807, 2.05) is 38.1 Å². The van der Waals surface area contributed by atoms with Crippen LogP contribution in [0.5, 0.6) is 0 Å². The van der Waals surface area contributed by atoms with E-state index in [0.29, 0.717) is 0 Å². The maximum Gasteiger partial charge on any atom is 0.239 e. The SMILES string of the molecule is CC(C)C(NC(=O)CNC(=O)C1CC1)c1nc2ccccc2[nH]1. The Kier molecular flexibility index (Phi) is 4.32. The zero-order valence-corrected chi connectivity index (χ0v) is 13.4. The van der Waals surface area contributed by atoms with Crippen molar-refractivity contribution in [3.63, 3.8) is 0 Å². The predicted octanol–water partition coefficient (Wildman–Crippen LogP) is 1.90. The number of hydrogen-bond acceptors (Lipinski definition) is 3. The predicted molar refractivity (Wildman–Crippen MR) is 87.5 cm³/mol. The summed E-state index contributed by atoms with van der Waals surface area (Å²) >= 11 is 0. The van der Waals surface area contributed by atoms with E-state index < -0.39 is 0 Å². The highest BCUT2D eigenvalue weighted by atomic mass is 16.2. The van der Waals surface area contributed by atoms with Crippen molar-refractivity contribution in [2.24, 2.45) is 11.8 Å². The lowest BCUT2D eigenvalue weighted by atomic mass is 10.0. The Balaban J connectivity index is 1.65. The van der Waals surface area contributed by atoms with Gasteiger partial charge in [0.25, 0.3) is 0 Å². The number of aromatic nitrogens is 2. The number of fused-ring (bicyclic) bond motifs is 1. The van der Waals surface area contributed by atoms with E-state index in [2.05, 4.69) is 20.6 Å². The Bertz CT molecular complexity index is 685. The number of hydrogen-bond donors (Lipinski definition) is 3. The number of rotatable bonds is 6. The highest BCUT2D eigenvalue weighted by Gasteiger charge is 2.30. The Hall–Kier alpha value is -2.37. The Morgan fingerprint density at radius 3 is 2.70 bits per heavy atom. The molecule has 3 N–H and O–H groups in total. The molecule has 6 nitrogen and oxygen atoms in total. The van der Waals surface area contributed by atoms with Crippen LogP contribution in [0.4, 0.5) is 0 Å². The normalized spacial score (nSPS) is 15.6. The van der Waals surface area contributed by atoms with Gasteiger partial charge >= 0.3 is 0 Å². The van der Waals surface area contributed by atoms with Crippen LogP contribution in [0.3, 0.4) is 0 Å². The maximum atomic E-state index is 12.1. The van der Waals surface area contributed by atoms with E-state index >= 15 is 0 Å². The summed E-state index contributed by atoms with van der Waals surface area (Å²) in [6, 6.07) is 7.56. The molecule has 1 fully saturated rings. The van der Waals surface area contributed by atoms with E-state index in [-0.39, 0.29) is 36.2 Å². The van der Waals surface area contributed by atoms with E-state index in [1.165, 1.54) is 0 Å². The van der Waals surface area contributed by atoms with Gasteiger partial charge in [0.2, 0.25) is 11.8 Å². The molecule has 1 heterocycles. The smallest absolute Gasteiger partial charge is 0.239 e. The summed E-state index contributed by atoms with van der Waals surface area (Å²) in [7, 11) is 0. The molecule has 1 unspecified atom stereocenters. The molecular formula is C17H22N4O2. The first kappa shape index (κ1) is 15.5. The number of carbonyl (C=O) groups excluding carboxylic acids is 2. The van der Waals surface area contributed by atoms with Crippen LogP contribution in [-0.2, 0) is 9.59 Å². The standard InChI is InChI=1S/C17H22N4O2/c1-10(2)15(16-19-12-5-3-4-6-13(12)20-16)21-14(22)9-18-17(23)11-7-8-11/h3-6,10-11,15H,7-9H2,1-2H3,(H,18,23)(H,19,20)(H,21,22). The van der Waals surface area contributed by atoms with Crippen molar-refractivity contribution in [2.45, 2.75) is 32.7 Å². The third-order valence-electron chi connectivity index (χ3n) is 4.06. The summed E-state index contributed by atoms with van der Waals surface area (Å²) in [6.45, 7) is 4.07. The van der Waals surface area contributed by atoms with E-state index in [4.69, 9.17) is 0 Å². The van der Waals surface area contributed by atoms with Gasteiger partial charge in [-0.1, -0.05) is 26.0 Å². The van der Waals surface area contributed by atoms with Gasteiger partial charge in [-0.25, -0.2) is 4.98 Å². The molecule has 122 valence electrons. The van der Waals surface area contributed by atoms with Crippen LogP contribution in [0.15, 0.2) is 24.3 Å². The Morgan fingerprint density at radius 2 is 2.04 bits per heavy atom. The van der Waals surface area contributed by atoms with E-state index in [1.54, 1.807) is 0 Å². The van der Waals surface area contributed by atoms with E-state index in [9.17, 15) is 9.59 Å². The molecule has 3 rings (SSSR count). The molecule has 6 heteroatoms. The van der Waals surface area contributed by atoms with Crippen LogP contribution in [0.1, 0.15) is 38.6 Å². The molecule has 23 heavy (non-hydrogen) atoms. The van der Waals surface area contributed by atoms with Gasteiger partial charge in [-0.3, -0.25) is 9.59 Å². The average Bonchev–Trinajstić information content (AvgIpc) is 3.29. The molecule has 1 aliphatic carbocycles. The summed E-state index contributed by atoms with van der Waals surface area (Å²) in [6.07, 6.45) is 1.86. The minimum atomic E-state index is -0.215. The second-order valence-electron chi connectivity index (χ2n) is 6.42. The summed E-state index contributed by atoms with van der Waals surface area (Å²) in [5.74, 6) is 0.809. The van der Waals surface area contributed by atoms with Crippen molar-refractivity contribution in [3.05, 3.63) is 30.1 Å². The van der Waals surface area contributed by atoms with Crippen molar-refractivity contribution >= 4 is 22.8 Å². The largest absolute Gasteiger partial charge is 0.347 e. The fourth-order valence-corrected chi connectivity index (χ4v) is 2.55. The number of nitrogens with zero attached hydrogens (tertiary/aromatic N) is 1. The third-order valence-corrected chi connectivity index (χ3v) is 4.06. The van der Waals surface area contributed by atoms with E-state index in [0.717, 1.165) is 29.7 Å². The average molecular weight is 314 g/mol. The molecule has 2 amide bonds. The highest BCUT2D eigenvalue weighted by Crippen LogP contribution is 2.28. The second-order valence-corrected chi connectivity index (χ2v) is 6.42. The molecule has 1 aromatic carbocycles. The molecule has 0 bridgehead atoms. The van der Waals surface area contributed by atoms with Gasteiger partial charge in [0.05, 0.1) is 23.6 Å². The molecule has 1 atom stereocenters. The molecule has 1 saturated carbocycles. The minimum absolute atomic E-state index is 0.0127. The van der Waals surface area contributed by atoms with Crippen LogP contribution in [-0.4, -0.2) is 28.3 Å². The van der Waals surface area contributed by atoms with Gasteiger partial charge in [-0.15, -0.1) is 0 Å². The summed E-state index contributed by atoms with van der Waals surface area (Å²) < 4.78 is 0. The molecule has 0 radical (unpaired) electrons. The van der Waals surface area contributed by atoms with Gasteiger partial charge in [0.1, 0.15) is 5.82 Å². The number of amides is 2. The van der Waals surface area contributed by atoms with Crippen LogP contribution < -0.4 is 10.6 Å². The molecule has 1 aromatic heterocycles. The Labute approximate surface area is 135 Å². The minimum Gasteiger partial charge on any atom is -0.347 e. The molecule has 0 aliphatic heterocycles. The zero-order valence-electron chi connectivity index (χ0n) is 13.4. The molecule has 0 spiro atoms. The molecule has 0 saturated heterocycles. The van der Waals surface area contributed by atoms with Gasteiger partial charge < -0.3 is 15.6 Å². The number of H-pyrrole nitrogens is 1. The number of aromatic amines is 1. The third kappa shape index (κ3) is 3.70. The molecule has 2 aromatic rings. The Morgan fingerprint density at radius 1 is 1.30 bits per heavy atom. The first-order chi connectivity index (χ1) is 11.0. The number of para-hydroxylation sites is 2. The van der Waals surface area contributed by atoms with Gasteiger partial charge in [0.15, 0.2) is 0 Å². The van der Waals surface area contributed by atoms with Gasteiger partial charge in [-0.05, 0) is 30.9 Å². The lowest BCUT2D eigenvalue weighted by Gasteiger charge is -2.20. The molecule has 1 aliphatic rings. The van der Waals surface area contributed by atoms with Crippen LogP contribution in [0, 0.1) is 11.8 Å². The summed E-state index contributed by atoms with van der Waals surface area (Å²) in [5, 5.41) is 5.65. The van der Waals surface area contributed by atoms with Crippen molar-refractivity contribution < 1.29 is 9.59 Å². The van der Waals surface area contributed by atoms with Crippen molar-refractivity contribution in [1.29, 1.82) is 0 Å². The number of imidazole rings is 1. The maximum absolute atomic E-state index is 12.1. The molecular weight excluding hydrogens is 292 g/mol. The summed E-state index contributed by atoms with van der Waals surface area (Å²) in [5.41, 5.74) is 1.83. The fourth-order valence-electron chi connectivity index (χ4n) is 2.55. The first-order valence-corrected chi connectivity index (χ1v) is 8.06. The monoisotopic (exact) mass is 314 g/mol. The summed E-state index contributed by atoms with van der Waals surface area (Å²) in [4.78, 5) is 31.6. The van der Waals surface area contributed by atoms with Crippen LogP contribution in [0.2, 0.25) is 0 Å². The van der Waals surface area contributed by atoms with Crippen LogP contribution in [0.25, 0.3) is 11.0 Å². The van der Waals surface area contributed by atoms with Crippen molar-refractivity contribution in [1.82, 2.24) is 20.6 Å². The fraction of sp³-hybridized carbons (Fsp3) is 0.471. The quantitative estimate of drug-likeness (QED) is 0.761. The van der Waals surface area contributed by atoms with Crippen molar-refractivity contribution in [3.8, 4) is 0 Å². The first-order valence-electron chi connectivity index (χ1n) is 8.06. The van der Waals surface area contributed by atoms with Crippen molar-refractivity contribution in [2.75, 3.05) is 6.54 Å². The topological polar surface area (TPSA) is 86.9 Å². The second kappa shape index (κ2) is 6.40. The van der Waals surface area contributed by atoms with Crippen LogP contribution >= 0.6 is 0 Å². The lowest BCUT2D eigenvalue weighted by Crippen LogP contribution is -2.40. The zero-order chi connectivity index (χ0) is 16.4. The lowest BCUT2D eigenvalue weighted by molar-refractivity contribution is -0.127. The highest BCUT2D eigenvalue weighted by molar-refractivity contribution is 5.87.